The van der Waals surface area contributed by atoms with Crippen molar-refractivity contribution in [2.24, 2.45) is 0 Å². The Morgan fingerprint density at radius 2 is 2.24 bits per heavy atom. The number of furan rings is 1. The Bertz CT molecular complexity index is 568. The molecular weight excluding hydrogens is 306 g/mol. The summed E-state index contributed by atoms with van der Waals surface area (Å²) in [6.07, 6.45) is 1.70. The van der Waals surface area contributed by atoms with Crippen LogP contribution < -0.4 is 0 Å². The highest BCUT2D eigenvalue weighted by atomic mass is 79.9. The molecule has 0 bridgehead atoms. The van der Waals surface area contributed by atoms with Crippen LogP contribution in [0.4, 0.5) is 0 Å². The van der Waals surface area contributed by atoms with Crippen LogP contribution in [0, 0.1) is 6.92 Å². The van der Waals surface area contributed by atoms with E-state index < -0.39 is 5.97 Å². The molecule has 1 N–H and O–H groups in total. The van der Waals surface area contributed by atoms with Gasteiger partial charge >= 0.3 is 5.97 Å². The summed E-state index contributed by atoms with van der Waals surface area (Å²) in [5.74, 6) is -1.15. The summed E-state index contributed by atoms with van der Waals surface area (Å²) in [7, 11) is 0. The molecule has 0 atom stereocenters. The predicted octanol–water partition coefficient (Wildman–Crippen LogP) is 3.59. The van der Waals surface area contributed by atoms with Crippen LogP contribution in [0.2, 0.25) is 0 Å². The molecule has 17 heavy (non-hydrogen) atoms. The molecule has 6 heteroatoms. The van der Waals surface area contributed by atoms with E-state index in [-0.39, 0.29) is 5.76 Å². The Morgan fingerprint density at radius 1 is 1.47 bits per heavy atom. The number of aromatic carboxylic acids is 1. The van der Waals surface area contributed by atoms with Gasteiger partial charge in [-0.25, -0.2) is 9.78 Å². The lowest BCUT2D eigenvalue weighted by atomic mass is 10.3. The van der Waals surface area contributed by atoms with Gasteiger partial charge in [0, 0.05) is 6.20 Å². The molecule has 0 aliphatic heterocycles. The quantitative estimate of drug-likeness (QED) is 0.938. The van der Waals surface area contributed by atoms with Crippen LogP contribution >= 0.6 is 27.7 Å². The third kappa shape index (κ3) is 2.70. The fourth-order valence-electron chi connectivity index (χ4n) is 1.17. The number of carbonyl (C=O) groups is 1. The number of carboxylic acids is 1. The number of hydrogen-bond donors (Lipinski definition) is 1. The Morgan fingerprint density at radius 3 is 2.88 bits per heavy atom. The monoisotopic (exact) mass is 313 g/mol. The SMILES string of the molecule is Cc1ccnc(Sc2ccc(C(=O)O)o2)c1Br. The minimum absolute atomic E-state index is 0.0729. The Labute approximate surface area is 110 Å². The van der Waals surface area contributed by atoms with Gasteiger partial charge in [0.2, 0.25) is 5.76 Å². The third-order valence-electron chi connectivity index (χ3n) is 2.04. The van der Waals surface area contributed by atoms with Crippen LogP contribution in [0.5, 0.6) is 0 Å². The van der Waals surface area contributed by atoms with Gasteiger partial charge in [-0.3, -0.25) is 0 Å². The molecule has 0 radical (unpaired) electrons. The van der Waals surface area contributed by atoms with Crippen molar-refractivity contribution in [1.82, 2.24) is 4.98 Å². The van der Waals surface area contributed by atoms with E-state index >= 15 is 0 Å². The van der Waals surface area contributed by atoms with Gasteiger partial charge in [-0.05, 0) is 58.4 Å². The lowest BCUT2D eigenvalue weighted by Crippen LogP contribution is -1.91. The Kier molecular flexibility index (Phi) is 3.54. The van der Waals surface area contributed by atoms with Crippen molar-refractivity contribution in [1.29, 1.82) is 0 Å². The molecule has 0 aromatic carbocycles. The first-order chi connectivity index (χ1) is 8.08. The molecule has 0 unspecified atom stereocenters. The highest BCUT2D eigenvalue weighted by Crippen LogP contribution is 2.34. The fourth-order valence-corrected chi connectivity index (χ4v) is 2.47. The van der Waals surface area contributed by atoms with Crippen molar-refractivity contribution in [2.75, 3.05) is 0 Å². The van der Waals surface area contributed by atoms with Crippen LogP contribution in [0.25, 0.3) is 0 Å². The molecule has 2 aromatic heterocycles. The van der Waals surface area contributed by atoms with Gasteiger partial charge < -0.3 is 9.52 Å². The van der Waals surface area contributed by atoms with E-state index in [0.717, 1.165) is 15.1 Å². The summed E-state index contributed by atoms with van der Waals surface area (Å²) in [5.41, 5.74) is 1.06. The molecule has 2 heterocycles. The second-order valence-corrected chi connectivity index (χ2v) is 5.06. The van der Waals surface area contributed by atoms with E-state index in [1.807, 2.05) is 13.0 Å². The highest BCUT2D eigenvalue weighted by Gasteiger charge is 2.12. The van der Waals surface area contributed by atoms with Gasteiger partial charge in [-0.1, -0.05) is 0 Å². The first-order valence-electron chi connectivity index (χ1n) is 4.70. The zero-order valence-electron chi connectivity index (χ0n) is 8.81. The van der Waals surface area contributed by atoms with Crippen LogP contribution in [0.15, 0.2) is 43.4 Å². The van der Waals surface area contributed by atoms with E-state index in [9.17, 15) is 4.79 Å². The summed E-state index contributed by atoms with van der Waals surface area (Å²) in [5, 5.41) is 9.98. The first-order valence-corrected chi connectivity index (χ1v) is 6.31. The molecular formula is C11H8BrNO3S. The molecule has 0 aliphatic carbocycles. The molecule has 0 fully saturated rings. The maximum absolute atomic E-state index is 10.7. The smallest absolute Gasteiger partial charge is 0.371 e. The van der Waals surface area contributed by atoms with E-state index in [0.29, 0.717) is 5.09 Å². The van der Waals surface area contributed by atoms with Crippen molar-refractivity contribution in [3.05, 3.63) is 40.2 Å². The molecule has 2 rings (SSSR count). The minimum Gasteiger partial charge on any atom is -0.475 e. The molecule has 0 saturated heterocycles. The molecule has 4 nitrogen and oxygen atoms in total. The van der Waals surface area contributed by atoms with Crippen LogP contribution in [0.3, 0.4) is 0 Å². The summed E-state index contributed by atoms with van der Waals surface area (Å²) in [6.45, 7) is 1.96. The highest BCUT2D eigenvalue weighted by molar-refractivity contribution is 9.10. The average Bonchev–Trinajstić information content (AvgIpc) is 2.73. The van der Waals surface area contributed by atoms with E-state index in [2.05, 4.69) is 20.9 Å². The van der Waals surface area contributed by atoms with Gasteiger partial charge in [-0.2, -0.15) is 0 Å². The summed E-state index contributed by atoms with van der Waals surface area (Å²) >= 11 is 4.71. The third-order valence-corrected chi connectivity index (χ3v) is 4.23. The topological polar surface area (TPSA) is 63.3 Å². The second-order valence-electron chi connectivity index (χ2n) is 3.27. The number of rotatable bonds is 3. The molecule has 0 amide bonds. The Balaban J connectivity index is 2.25. The van der Waals surface area contributed by atoms with Crippen molar-refractivity contribution in [3.8, 4) is 0 Å². The number of aromatic nitrogens is 1. The zero-order valence-corrected chi connectivity index (χ0v) is 11.2. The van der Waals surface area contributed by atoms with Gasteiger partial charge in [-0.15, -0.1) is 0 Å². The van der Waals surface area contributed by atoms with Crippen LogP contribution in [-0.2, 0) is 0 Å². The molecule has 0 spiro atoms. The summed E-state index contributed by atoms with van der Waals surface area (Å²) in [4.78, 5) is 14.9. The molecule has 0 saturated carbocycles. The standard InChI is InChI=1S/C11H8BrNO3S/c1-6-4-5-13-10(9(6)12)17-8-3-2-7(16-8)11(14)15/h2-5H,1H3,(H,14,15). The van der Waals surface area contributed by atoms with Crippen molar-refractivity contribution in [3.63, 3.8) is 0 Å². The van der Waals surface area contributed by atoms with Gasteiger partial charge in [0.25, 0.3) is 0 Å². The Hall–Kier alpha value is -1.27. The number of hydrogen-bond acceptors (Lipinski definition) is 4. The van der Waals surface area contributed by atoms with Crippen molar-refractivity contribution >= 4 is 33.7 Å². The van der Waals surface area contributed by atoms with Crippen LogP contribution in [-0.4, -0.2) is 16.1 Å². The minimum atomic E-state index is -1.08. The number of nitrogens with zero attached hydrogens (tertiary/aromatic N) is 1. The number of carboxylic acid groups (broad SMARTS) is 1. The normalized spacial score (nSPS) is 10.5. The second kappa shape index (κ2) is 4.93. The van der Waals surface area contributed by atoms with Crippen molar-refractivity contribution < 1.29 is 14.3 Å². The predicted molar refractivity (Wildman–Crippen MR) is 66.5 cm³/mol. The van der Waals surface area contributed by atoms with Gasteiger partial charge in [0.15, 0.2) is 5.09 Å². The summed E-state index contributed by atoms with van der Waals surface area (Å²) in [6, 6.07) is 4.93. The lowest BCUT2D eigenvalue weighted by Gasteiger charge is -2.02. The van der Waals surface area contributed by atoms with E-state index in [1.54, 1.807) is 12.3 Å². The lowest BCUT2D eigenvalue weighted by molar-refractivity contribution is 0.0656. The van der Waals surface area contributed by atoms with E-state index in [4.69, 9.17) is 9.52 Å². The maximum Gasteiger partial charge on any atom is 0.371 e. The largest absolute Gasteiger partial charge is 0.475 e. The number of halogens is 1. The number of aryl methyl sites for hydroxylation is 1. The summed E-state index contributed by atoms with van der Waals surface area (Å²) < 4.78 is 6.03. The van der Waals surface area contributed by atoms with Crippen molar-refractivity contribution in [2.45, 2.75) is 17.0 Å². The zero-order chi connectivity index (χ0) is 12.4. The van der Waals surface area contributed by atoms with Gasteiger partial charge in [0.05, 0.1) is 4.47 Å². The fraction of sp³-hybridized carbons (Fsp3) is 0.0909. The molecule has 0 aliphatic rings. The average molecular weight is 314 g/mol. The first kappa shape index (κ1) is 12.2. The maximum atomic E-state index is 10.7. The molecule has 88 valence electrons. The number of pyridine rings is 1. The van der Waals surface area contributed by atoms with Crippen LogP contribution in [0.1, 0.15) is 16.1 Å². The van der Waals surface area contributed by atoms with E-state index in [1.165, 1.54) is 17.8 Å². The van der Waals surface area contributed by atoms with Gasteiger partial charge in [0.1, 0.15) is 5.03 Å². The molecule has 2 aromatic rings.